The third-order valence-corrected chi connectivity index (χ3v) is 5.58. The average Bonchev–Trinajstić information content (AvgIpc) is 2.97. The van der Waals surface area contributed by atoms with Crippen molar-refractivity contribution in [3.63, 3.8) is 0 Å². The number of aryl methyl sites for hydroxylation is 1. The van der Waals surface area contributed by atoms with Gasteiger partial charge in [-0.2, -0.15) is 5.10 Å². The van der Waals surface area contributed by atoms with E-state index in [9.17, 15) is 9.90 Å². The number of anilines is 1. The number of nitrogens with zero attached hydrogens (tertiary/aromatic N) is 3. The molecule has 1 aromatic heterocycles. The van der Waals surface area contributed by atoms with Gasteiger partial charge in [0.1, 0.15) is 5.75 Å². The summed E-state index contributed by atoms with van der Waals surface area (Å²) in [5.41, 5.74) is 8.11. The van der Waals surface area contributed by atoms with Crippen molar-refractivity contribution in [1.82, 2.24) is 9.99 Å². The van der Waals surface area contributed by atoms with E-state index in [0.29, 0.717) is 9.13 Å². The first-order valence-electron chi connectivity index (χ1n) is 9.06. The highest BCUT2D eigenvalue weighted by Crippen LogP contribution is 2.22. The van der Waals surface area contributed by atoms with Crippen molar-refractivity contribution >= 4 is 40.4 Å². The van der Waals surface area contributed by atoms with Gasteiger partial charge in [-0.15, -0.1) is 0 Å². The molecule has 0 saturated carbocycles. The molecule has 1 amide bonds. The number of aromatic nitrogens is 1. The van der Waals surface area contributed by atoms with Crippen LogP contribution in [0.2, 0.25) is 0 Å². The number of hydrazone groups is 1. The fourth-order valence-electron chi connectivity index (χ4n) is 3.09. The Morgan fingerprint density at radius 2 is 1.83 bits per heavy atom. The zero-order chi connectivity index (χ0) is 21.1. The summed E-state index contributed by atoms with van der Waals surface area (Å²) in [6.07, 6.45) is 1.64. The highest BCUT2D eigenvalue weighted by atomic mass is 127. The Morgan fingerprint density at radius 3 is 2.45 bits per heavy atom. The minimum atomic E-state index is -0.374. The van der Waals surface area contributed by atoms with Gasteiger partial charge in [0.25, 0.3) is 5.91 Å². The average molecular weight is 502 g/mol. The number of aromatic hydroxyl groups is 1. The SMILES string of the molecule is Cc1cc(/C=N\NC(=O)c2ccc(I)c(O)c2)c(C)n1-c1ccc(N(C)C)cc1. The third-order valence-electron chi connectivity index (χ3n) is 4.67. The molecule has 0 radical (unpaired) electrons. The van der Waals surface area contributed by atoms with Gasteiger partial charge in [0, 0.05) is 48.0 Å². The van der Waals surface area contributed by atoms with E-state index in [-0.39, 0.29) is 11.7 Å². The largest absolute Gasteiger partial charge is 0.507 e. The maximum atomic E-state index is 12.2. The van der Waals surface area contributed by atoms with Gasteiger partial charge in [-0.3, -0.25) is 4.79 Å². The van der Waals surface area contributed by atoms with Crippen LogP contribution in [0, 0.1) is 17.4 Å². The lowest BCUT2D eigenvalue weighted by atomic mass is 10.2. The molecule has 0 aliphatic heterocycles. The molecule has 0 spiro atoms. The zero-order valence-corrected chi connectivity index (χ0v) is 18.9. The molecular weight excluding hydrogens is 479 g/mol. The summed E-state index contributed by atoms with van der Waals surface area (Å²) >= 11 is 2.00. The molecule has 2 N–H and O–H groups in total. The molecule has 150 valence electrons. The van der Waals surface area contributed by atoms with Crippen LogP contribution in [0.1, 0.15) is 27.3 Å². The Morgan fingerprint density at radius 1 is 1.14 bits per heavy atom. The van der Waals surface area contributed by atoms with Crippen LogP contribution in [0.15, 0.2) is 53.6 Å². The number of nitrogens with one attached hydrogen (secondary N) is 1. The van der Waals surface area contributed by atoms with Crippen LogP contribution in [-0.4, -0.2) is 35.9 Å². The predicted molar refractivity (Wildman–Crippen MR) is 125 cm³/mol. The molecule has 1 heterocycles. The van der Waals surface area contributed by atoms with Crippen LogP contribution < -0.4 is 10.3 Å². The maximum absolute atomic E-state index is 12.2. The van der Waals surface area contributed by atoms with Crippen molar-refractivity contribution in [2.45, 2.75) is 13.8 Å². The summed E-state index contributed by atoms with van der Waals surface area (Å²) in [6, 6.07) is 15.1. The summed E-state index contributed by atoms with van der Waals surface area (Å²) in [5.74, 6) is -0.299. The Hall–Kier alpha value is -2.81. The number of hydrogen-bond donors (Lipinski definition) is 2. The molecule has 0 aliphatic rings. The highest BCUT2D eigenvalue weighted by molar-refractivity contribution is 14.1. The summed E-state index contributed by atoms with van der Waals surface area (Å²) < 4.78 is 2.84. The van der Waals surface area contributed by atoms with E-state index >= 15 is 0 Å². The zero-order valence-electron chi connectivity index (χ0n) is 16.8. The van der Waals surface area contributed by atoms with Gasteiger partial charge in [-0.1, -0.05) is 0 Å². The molecule has 0 saturated heterocycles. The lowest BCUT2D eigenvalue weighted by Gasteiger charge is -2.14. The minimum absolute atomic E-state index is 0.0751. The molecule has 0 aliphatic carbocycles. The molecule has 0 unspecified atom stereocenters. The summed E-state index contributed by atoms with van der Waals surface area (Å²) in [5, 5.41) is 13.8. The Kier molecular flexibility index (Phi) is 6.26. The van der Waals surface area contributed by atoms with Crippen molar-refractivity contribution in [1.29, 1.82) is 0 Å². The van der Waals surface area contributed by atoms with Crippen LogP contribution in [0.5, 0.6) is 5.75 Å². The Labute approximate surface area is 184 Å². The standard InChI is InChI=1S/C22H23IN4O2/c1-14-11-17(13-24-25-22(29)16-5-10-20(23)21(28)12-16)15(2)27(14)19-8-6-18(7-9-19)26(3)4/h5-13,28H,1-4H3,(H,25,29)/b24-13-. The van der Waals surface area contributed by atoms with Crippen molar-refractivity contribution < 1.29 is 9.90 Å². The molecule has 0 atom stereocenters. The van der Waals surface area contributed by atoms with Crippen LogP contribution >= 0.6 is 22.6 Å². The van der Waals surface area contributed by atoms with E-state index in [0.717, 1.165) is 28.3 Å². The van der Waals surface area contributed by atoms with Crippen LogP contribution in [0.4, 0.5) is 5.69 Å². The first-order chi connectivity index (χ1) is 13.8. The van der Waals surface area contributed by atoms with Crippen molar-refractivity contribution in [2.75, 3.05) is 19.0 Å². The lowest BCUT2D eigenvalue weighted by molar-refractivity contribution is 0.0954. The number of phenolic OH excluding ortho intramolecular Hbond substituents is 1. The number of amides is 1. The molecule has 2 aromatic carbocycles. The van der Waals surface area contributed by atoms with Gasteiger partial charge in [0.15, 0.2) is 0 Å². The molecule has 7 heteroatoms. The summed E-state index contributed by atoms with van der Waals surface area (Å²) in [6.45, 7) is 4.06. The van der Waals surface area contributed by atoms with E-state index in [1.807, 2.05) is 56.6 Å². The van der Waals surface area contributed by atoms with Gasteiger partial charge >= 0.3 is 0 Å². The number of carbonyl (C=O) groups is 1. The number of hydrogen-bond acceptors (Lipinski definition) is 4. The topological polar surface area (TPSA) is 69.9 Å². The second kappa shape index (κ2) is 8.69. The Balaban J connectivity index is 1.77. The number of rotatable bonds is 5. The maximum Gasteiger partial charge on any atom is 0.271 e. The minimum Gasteiger partial charge on any atom is -0.507 e. The van der Waals surface area contributed by atoms with Gasteiger partial charge in [0.05, 0.1) is 9.78 Å². The van der Waals surface area contributed by atoms with Gasteiger partial charge in [-0.25, -0.2) is 5.43 Å². The number of carbonyl (C=O) groups excluding carboxylic acids is 1. The van der Waals surface area contributed by atoms with E-state index in [1.54, 1.807) is 18.3 Å². The smallest absolute Gasteiger partial charge is 0.271 e. The van der Waals surface area contributed by atoms with Crippen LogP contribution in [0.25, 0.3) is 5.69 Å². The van der Waals surface area contributed by atoms with Crippen molar-refractivity contribution in [3.8, 4) is 11.4 Å². The number of benzene rings is 2. The van der Waals surface area contributed by atoms with Gasteiger partial charge in [-0.05, 0) is 85.0 Å². The molecule has 3 aromatic rings. The van der Waals surface area contributed by atoms with E-state index in [1.165, 1.54) is 6.07 Å². The van der Waals surface area contributed by atoms with E-state index in [2.05, 4.69) is 44.3 Å². The lowest BCUT2D eigenvalue weighted by Crippen LogP contribution is -2.17. The highest BCUT2D eigenvalue weighted by Gasteiger charge is 2.11. The number of phenols is 1. The fraction of sp³-hybridized carbons (Fsp3) is 0.182. The summed E-state index contributed by atoms with van der Waals surface area (Å²) in [4.78, 5) is 14.3. The second-order valence-electron chi connectivity index (χ2n) is 6.94. The van der Waals surface area contributed by atoms with E-state index in [4.69, 9.17) is 0 Å². The molecule has 3 rings (SSSR count). The normalized spacial score (nSPS) is 11.1. The van der Waals surface area contributed by atoms with Crippen LogP contribution in [-0.2, 0) is 0 Å². The van der Waals surface area contributed by atoms with E-state index < -0.39 is 0 Å². The molecule has 0 bridgehead atoms. The second-order valence-corrected chi connectivity index (χ2v) is 8.10. The third kappa shape index (κ3) is 4.61. The monoisotopic (exact) mass is 502 g/mol. The van der Waals surface area contributed by atoms with Crippen LogP contribution in [0.3, 0.4) is 0 Å². The molecule has 29 heavy (non-hydrogen) atoms. The van der Waals surface area contributed by atoms with Crippen molar-refractivity contribution in [3.05, 3.63) is 74.6 Å². The first kappa shape index (κ1) is 20.9. The van der Waals surface area contributed by atoms with Gasteiger partial charge < -0.3 is 14.6 Å². The van der Waals surface area contributed by atoms with Crippen molar-refractivity contribution in [2.24, 2.45) is 5.10 Å². The molecule has 6 nitrogen and oxygen atoms in total. The van der Waals surface area contributed by atoms with Gasteiger partial charge in [0.2, 0.25) is 0 Å². The summed E-state index contributed by atoms with van der Waals surface area (Å²) in [7, 11) is 4.03. The quantitative estimate of drug-likeness (QED) is 0.312. The fourth-order valence-corrected chi connectivity index (χ4v) is 3.43. The Bertz CT molecular complexity index is 1070. The number of halogens is 1. The molecule has 0 fully saturated rings. The molecular formula is C22H23IN4O2. The predicted octanol–water partition coefficient (Wildman–Crippen LogP) is 4.23. The first-order valence-corrected chi connectivity index (χ1v) is 10.1.